The van der Waals surface area contributed by atoms with Crippen LogP contribution in [0.3, 0.4) is 0 Å². The molecule has 0 spiro atoms. The number of nitrogen functional groups attached to an aromatic ring is 1. The second-order valence-electron chi connectivity index (χ2n) is 5.04. The van der Waals surface area contributed by atoms with Crippen LogP contribution in [0.15, 0.2) is 48.5 Å². The van der Waals surface area contributed by atoms with E-state index in [-0.39, 0.29) is 0 Å². The molecule has 0 saturated carbocycles. The topological polar surface area (TPSA) is 48.1 Å². The van der Waals surface area contributed by atoms with Crippen LogP contribution in [-0.2, 0) is 6.18 Å². The number of hydrogen-bond acceptors (Lipinski definition) is 3. The monoisotopic (exact) mass is 318 g/mol. The van der Waals surface area contributed by atoms with E-state index in [0.717, 1.165) is 12.1 Å². The van der Waals surface area contributed by atoms with Crippen LogP contribution in [-0.4, -0.2) is 12.1 Å². The Kier molecular flexibility index (Phi) is 3.60. The van der Waals surface area contributed by atoms with Gasteiger partial charge >= 0.3 is 6.18 Å². The van der Waals surface area contributed by atoms with E-state index in [0.29, 0.717) is 33.6 Å². The first-order valence-corrected chi connectivity index (χ1v) is 6.81. The Labute approximate surface area is 130 Å². The number of rotatable bonds is 2. The van der Waals surface area contributed by atoms with E-state index < -0.39 is 11.7 Å². The Bertz CT molecular complexity index is 875. The van der Waals surface area contributed by atoms with Gasteiger partial charge in [-0.25, -0.2) is 4.98 Å². The number of nitrogens with two attached hydrogens (primary N) is 1. The maximum Gasteiger partial charge on any atom is 0.416 e. The molecule has 0 fully saturated rings. The second-order valence-corrected chi connectivity index (χ2v) is 5.04. The number of ether oxygens (including phenoxy) is 1. The van der Waals surface area contributed by atoms with Gasteiger partial charge in [-0.05, 0) is 30.3 Å². The van der Waals surface area contributed by atoms with Gasteiger partial charge in [0.05, 0.1) is 18.4 Å². The van der Waals surface area contributed by atoms with Crippen molar-refractivity contribution >= 4 is 16.5 Å². The quantitative estimate of drug-likeness (QED) is 0.707. The summed E-state index contributed by atoms with van der Waals surface area (Å²) in [6.07, 6.45) is -4.41. The highest BCUT2D eigenvalue weighted by atomic mass is 19.4. The van der Waals surface area contributed by atoms with Gasteiger partial charge in [-0.1, -0.05) is 18.2 Å². The minimum absolute atomic E-state index is 0.321. The average Bonchev–Trinajstić information content (AvgIpc) is 2.54. The van der Waals surface area contributed by atoms with Crippen LogP contribution < -0.4 is 10.5 Å². The fourth-order valence-electron chi connectivity index (χ4n) is 2.43. The third kappa shape index (κ3) is 2.79. The Morgan fingerprint density at radius 2 is 1.74 bits per heavy atom. The van der Waals surface area contributed by atoms with E-state index in [2.05, 4.69) is 4.98 Å². The van der Waals surface area contributed by atoms with Crippen molar-refractivity contribution in [1.29, 1.82) is 0 Å². The average molecular weight is 318 g/mol. The number of anilines is 1. The molecule has 0 atom stereocenters. The SMILES string of the molecule is COc1nc(-c2cccc(C(F)(F)F)c2)cc2c(N)cccc12. The van der Waals surface area contributed by atoms with E-state index in [9.17, 15) is 13.2 Å². The van der Waals surface area contributed by atoms with Gasteiger partial charge in [-0.2, -0.15) is 13.2 Å². The molecule has 0 aliphatic carbocycles. The molecule has 0 aliphatic heterocycles. The molecular weight excluding hydrogens is 305 g/mol. The number of hydrogen-bond donors (Lipinski definition) is 1. The van der Waals surface area contributed by atoms with E-state index >= 15 is 0 Å². The third-order valence-electron chi connectivity index (χ3n) is 3.55. The molecule has 118 valence electrons. The predicted molar refractivity (Wildman–Crippen MR) is 83.1 cm³/mol. The molecule has 1 aromatic heterocycles. The summed E-state index contributed by atoms with van der Waals surface area (Å²) >= 11 is 0. The predicted octanol–water partition coefficient (Wildman–Crippen LogP) is 4.51. The van der Waals surface area contributed by atoms with E-state index in [4.69, 9.17) is 10.5 Å². The number of halogens is 3. The normalized spacial score (nSPS) is 11.7. The van der Waals surface area contributed by atoms with Gasteiger partial charge in [0.15, 0.2) is 0 Å². The molecule has 0 aliphatic rings. The van der Waals surface area contributed by atoms with Crippen molar-refractivity contribution in [2.45, 2.75) is 6.18 Å². The molecule has 2 N–H and O–H groups in total. The molecule has 0 bridgehead atoms. The minimum atomic E-state index is -4.41. The summed E-state index contributed by atoms with van der Waals surface area (Å²) in [7, 11) is 1.46. The van der Waals surface area contributed by atoms with Crippen molar-refractivity contribution in [3.8, 4) is 17.1 Å². The lowest BCUT2D eigenvalue weighted by Crippen LogP contribution is -2.04. The van der Waals surface area contributed by atoms with Crippen molar-refractivity contribution in [2.75, 3.05) is 12.8 Å². The number of nitrogens with zero attached hydrogens (tertiary/aromatic N) is 1. The lowest BCUT2D eigenvalue weighted by molar-refractivity contribution is -0.137. The fraction of sp³-hybridized carbons (Fsp3) is 0.118. The van der Waals surface area contributed by atoms with Gasteiger partial charge in [0, 0.05) is 22.0 Å². The molecular formula is C17H13F3N2O. The number of pyridine rings is 1. The summed E-state index contributed by atoms with van der Waals surface area (Å²) in [5.41, 5.74) is 6.47. The fourth-order valence-corrected chi connectivity index (χ4v) is 2.43. The van der Waals surface area contributed by atoms with Crippen molar-refractivity contribution in [1.82, 2.24) is 4.98 Å². The van der Waals surface area contributed by atoms with Crippen LogP contribution >= 0.6 is 0 Å². The van der Waals surface area contributed by atoms with Crippen LogP contribution in [0.1, 0.15) is 5.56 Å². The molecule has 23 heavy (non-hydrogen) atoms. The van der Waals surface area contributed by atoms with Gasteiger partial charge in [-0.15, -0.1) is 0 Å². The first-order valence-electron chi connectivity index (χ1n) is 6.81. The Morgan fingerprint density at radius 3 is 2.43 bits per heavy atom. The van der Waals surface area contributed by atoms with Crippen LogP contribution in [0.25, 0.3) is 22.0 Å². The standard InChI is InChI=1S/C17H13F3N2O/c1-23-16-12-6-3-7-14(21)13(12)9-15(22-16)10-4-2-5-11(8-10)17(18,19)20/h2-9H,21H2,1H3. The highest BCUT2D eigenvalue weighted by molar-refractivity contribution is 5.98. The number of benzene rings is 2. The van der Waals surface area contributed by atoms with Crippen molar-refractivity contribution in [3.05, 3.63) is 54.1 Å². The Morgan fingerprint density at radius 1 is 1.00 bits per heavy atom. The third-order valence-corrected chi connectivity index (χ3v) is 3.55. The molecule has 0 saturated heterocycles. The van der Waals surface area contributed by atoms with E-state index in [1.54, 1.807) is 30.3 Å². The molecule has 2 aromatic carbocycles. The molecule has 3 rings (SSSR count). The van der Waals surface area contributed by atoms with E-state index in [1.165, 1.54) is 13.2 Å². The summed E-state index contributed by atoms with van der Waals surface area (Å²) in [6, 6.07) is 12.0. The number of alkyl halides is 3. The Balaban J connectivity index is 2.23. The largest absolute Gasteiger partial charge is 0.481 e. The molecule has 1 heterocycles. The lowest BCUT2D eigenvalue weighted by Gasteiger charge is -2.12. The molecule has 0 radical (unpaired) electrons. The summed E-state index contributed by atoms with van der Waals surface area (Å²) in [5.74, 6) is 0.321. The number of fused-ring (bicyclic) bond motifs is 1. The van der Waals surface area contributed by atoms with Crippen LogP contribution in [0, 0.1) is 0 Å². The molecule has 6 heteroatoms. The van der Waals surface area contributed by atoms with Gasteiger partial charge < -0.3 is 10.5 Å². The van der Waals surface area contributed by atoms with E-state index in [1.807, 2.05) is 0 Å². The number of aromatic nitrogens is 1. The van der Waals surface area contributed by atoms with Gasteiger partial charge in [0.25, 0.3) is 0 Å². The van der Waals surface area contributed by atoms with Crippen LogP contribution in [0.5, 0.6) is 5.88 Å². The van der Waals surface area contributed by atoms with Crippen LogP contribution in [0.4, 0.5) is 18.9 Å². The smallest absolute Gasteiger partial charge is 0.416 e. The van der Waals surface area contributed by atoms with Gasteiger partial charge in [0.1, 0.15) is 0 Å². The zero-order valence-corrected chi connectivity index (χ0v) is 12.2. The van der Waals surface area contributed by atoms with Gasteiger partial charge in [-0.3, -0.25) is 0 Å². The highest BCUT2D eigenvalue weighted by Gasteiger charge is 2.30. The maximum atomic E-state index is 12.9. The van der Waals surface area contributed by atoms with Crippen molar-refractivity contribution in [2.24, 2.45) is 0 Å². The molecule has 3 nitrogen and oxygen atoms in total. The summed E-state index contributed by atoms with van der Waals surface area (Å²) < 4.78 is 43.9. The van der Waals surface area contributed by atoms with Crippen LogP contribution in [0.2, 0.25) is 0 Å². The molecule has 0 unspecified atom stereocenters. The molecule has 3 aromatic rings. The first kappa shape index (κ1) is 15.1. The Hall–Kier alpha value is -2.76. The summed E-state index contributed by atoms with van der Waals surface area (Å²) in [6.45, 7) is 0. The lowest BCUT2D eigenvalue weighted by atomic mass is 10.0. The summed E-state index contributed by atoms with van der Waals surface area (Å²) in [4.78, 5) is 4.31. The van der Waals surface area contributed by atoms with Crippen molar-refractivity contribution in [3.63, 3.8) is 0 Å². The van der Waals surface area contributed by atoms with Gasteiger partial charge in [0.2, 0.25) is 5.88 Å². The maximum absolute atomic E-state index is 12.9. The number of methoxy groups -OCH3 is 1. The second kappa shape index (κ2) is 5.46. The highest BCUT2D eigenvalue weighted by Crippen LogP contribution is 2.35. The molecule has 0 amide bonds. The zero-order chi connectivity index (χ0) is 16.6. The first-order chi connectivity index (χ1) is 10.9. The minimum Gasteiger partial charge on any atom is -0.481 e. The zero-order valence-electron chi connectivity index (χ0n) is 12.2. The van der Waals surface area contributed by atoms with Crippen molar-refractivity contribution < 1.29 is 17.9 Å². The summed E-state index contributed by atoms with van der Waals surface area (Å²) in [5, 5.41) is 1.40.